The summed E-state index contributed by atoms with van der Waals surface area (Å²) in [5, 5.41) is 4.14. The summed E-state index contributed by atoms with van der Waals surface area (Å²) in [4.78, 5) is 32.4. The molecule has 0 saturated carbocycles. The molecule has 0 fully saturated rings. The summed E-state index contributed by atoms with van der Waals surface area (Å²) >= 11 is 0. The molecule has 2 N–H and O–H groups in total. The smallest absolute Gasteiger partial charge is 0.255 e. The minimum atomic E-state index is -0.619. The van der Waals surface area contributed by atoms with E-state index in [1.807, 2.05) is 60.7 Å². The van der Waals surface area contributed by atoms with E-state index in [2.05, 4.69) is 16.4 Å². The third kappa shape index (κ3) is 3.26. The monoisotopic (exact) mass is 467 g/mol. The van der Waals surface area contributed by atoms with Gasteiger partial charge >= 0.3 is 0 Å². The molecule has 35 heavy (non-hydrogen) atoms. The first-order valence-electron chi connectivity index (χ1n) is 11.6. The summed E-state index contributed by atoms with van der Waals surface area (Å²) in [5.41, 5.74) is 5.57. The Labute approximate surface area is 202 Å². The molecule has 7 heteroatoms. The molecule has 1 aromatic heterocycles. The minimum absolute atomic E-state index is 0.110. The number of hydrogen-bond donors (Lipinski definition) is 2. The topological polar surface area (TPSA) is 83.7 Å². The van der Waals surface area contributed by atoms with Crippen molar-refractivity contribution in [2.45, 2.75) is 25.0 Å². The lowest BCUT2D eigenvalue weighted by Gasteiger charge is -2.37. The van der Waals surface area contributed by atoms with E-state index in [4.69, 9.17) is 9.47 Å². The number of nitrogens with one attached hydrogen (secondary N) is 2. The Kier molecular flexibility index (Phi) is 4.99. The molecular weight excluding hydrogens is 442 g/mol. The zero-order valence-corrected chi connectivity index (χ0v) is 19.5. The fourth-order valence-corrected chi connectivity index (χ4v) is 5.43. The Morgan fingerprint density at radius 3 is 2.63 bits per heavy atom. The minimum Gasteiger partial charge on any atom is -0.493 e. The first-order valence-corrected chi connectivity index (χ1v) is 11.6. The molecule has 4 aromatic rings. The van der Waals surface area contributed by atoms with Crippen LogP contribution in [0.5, 0.6) is 11.5 Å². The molecule has 7 nitrogen and oxygen atoms in total. The highest BCUT2D eigenvalue weighted by Crippen LogP contribution is 2.46. The number of aromatic amines is 1. The maximum Gasteiger partial charge on any atom is 0.255 e. The number of hydrogen-bond acceptors (Lipinski definition) is 4. The number of carbonyl (C=O) groups is 2. The van der Waals surface area contributed by atoms with Gasteiger partial charge in [-0.1, -0.05) is 42.5 Å². The van der Waals surface area contributed by atoms with Crippen molar-refractivity contribution in [1.82, 2.24) is 15.2 Å². The third-order valence-corrected chi connectivity index (χ3v) is 7.07. The lowest BCUT2D eigenvalue weighted by molar-refractivity contribution is -0.126. The Hall–Kier alpha value is -4.26. The van der Waals surface area contributed by atoms with Crippen LogP contribution >= 0.6 is 0 Å². The second-order valence-corrected chi connectivity index (χ2v) is 8.89. The van der Waals surface area contributed by atoms with Gasteiger partial charge in [0.05, 0.1) is 20.3 Å². The van der Waals surface area contributed by atoms with Gasteiger partial charge in [-0.2, -0.15) is 0 Å². The van der Waals surface area contributed by atoms with Crippen molar-refractivity contribution in [2.24, 2.45) is 0 Å². The molecule has 2 aliphatic rings. The number of H-pyrrole nitrogens is 1. The predicted octanol–water partition coefficient (Wildman–Crippen LogP) is 3.97. The van der Waals surface area contributed by atoms with Crippen molar-refractivity contribution in [2.75, 3.05) is 14.2 Å². The molecular formula is C28H25N3O4. The van der Waals surface area contributed by atoms with Crippen molar-refractivity contribution >= 4 is 22.7 Å². The number of carbonyl (C=O) groups excluding carboxylic acids is 2. The molecule has 2 atom stereocenters. The largest absolute Gasteiger partial charge is 0.493 e. The highest BCUT2D eigenvalue weighted by Gasteiger charge is 2.48. The number of aromatic nitrogens is 1. The summed E-state index contributed by atoms with van der Waals surface area (Å²) in [5.74, 6) is 0.943. The van der Waals surface area contributed by atoms with Crippen LogP contribution < -0.4 is 14.8 Å². The number of nitrogens with zero attached hydrogens (tertiary/aromatic N) is 1. The van der Waals surface area contributed by atoms with Gasteiger partial charge < -0.3 is 24.7 Å². The Morgan fingerprint density at radius 1 is 1.03 bits per heavy atom. The lowest BCUT2D eigenvalue weighted by Crippen LogP contribution is -2.52. The van der Waals surface area contributed by atoms with Crippen LogP contribution in [-0.2, 0) is 17.8 Å². The van der Waals surface area contributed by atoms with Crippen molar-refractivity contribution in [3.63, 3.8) is 0 Å². The summed E-state index contributed by atoms with van der Waals surface area (Å²) in [6, 6.07) is 20.4. The predicted molar refractivity (Wildman–Crippen MR) is 132 cm³/mol. The van der Waals surface area contributed by atoms with E-state index in [-0.39, 0.29) is 17.9 Å². The van der Waals surface area contributed by atoms with E-state index in [1.165, 1.54) is 0 Å². The van der Waals surface area contributed by atoms with Crippen molar-refractivity contribution in [3.05, 3.63) is 94.7 Å². The molecule has 2 aliphatic heterocycles. The summed E-state index contributed by atoms with van der Waals surface area (Å²) in [6.45, 7) is 0.316. The maximum absolute atomic E-state index is 13.6. The molecule has 3 heterocycles. The standard InChI is InChI=1S/C28H25N3O4/c1-34-23-12-11-16(13-24(23)35-2)15-29-27(32)22-14-20-17-7-5-6-10-21(17)30-25(20)26-18-8-3-4-9-19(18)28(33)31(22)26/h3-13,22,26,30H,14-15H2,1-2H3,(H,29,32)/t22-,26?/m0/s1. The zero-order valence-electron chi connectivity index (χ0n) is 19.5. The average Bonchev–Trinajstić information content (AvgIpc) is 3.42. The first-order chi connectivity index (χ1) is 17.1. The fraction of sp³-hybridized carbons (Fsp3) is 0.214. The summed E-state index contributed by atoms with van der Waals surface area (Å²) in [7, 11) is 3.17. The second kappa shape index (κ2) is 8.20. The molecule has 0 spiro atoms. The molecule has 6 rings (SSSR count). The van der Waals surface area contributed by atoms with Crippen LogP contribution in [0.1, 0.15) is 38.8 Å². The van der Waals surface area contributed by atoms with E-state index in [0.717, 1.165) is 33.3 Å². The van der Waals surface area contributed by atoms with Crippen LogP contribution in [0, 0.1) is 0 Å². The fourth-order valence-electron chi connectivity index (χ4n) is 5.43. The van der Waals surface area contributed by atoms with Gasteiger partial charge in [0.2, 0.25) is 5.91 Å². The van der Waals surface area contributed by atoms with Crippen LogP contribution in [0.25, 0.3) is 10.9 Å². The van der Waals surface area contributed by atoms with Gasteiger partial charge in [0.15, 0.2) is 11.5 Å². The van der Waals surface area contributed by atoms with Gasteiger partial charge in [-0.05, 0) is 41.0 Å². The SMILES string of the molecule is COc1ccc(CNC(=O)[C@@H]2Cc3c([nH]c4ccccc34)C3c4ccccc4C(=O)N32)cc1OC. The number of benzene rings is 3. The number of ether oxygens (including phenoxy) is 2. The zero-order chi connectivity index (χ0) is 24.1. The number of rotatable bonds is 5. The number of amides is 2. The van der Waals surface area contributed by atoms with E-state index in [0.29, 0.717) is 30.0 Å². The Bertz CT molecular complexity index is 1470. The van der Waals surface area contributed by atoms with E-state index in [1.54, 1.807) is 19.1 Å². The molecule has 1 unspecified atom stereocenters. The molecule has 0 aliphatic carbocycles. The van der Waals surface area contributed by atoms with Gasteiger partial charge in [-0.25, -0.2) is 0 Å². The van der Waals surface area contributed by atoms with Gasteiger partial charge in [-0.3, -0.25) is 9.59 Å². The van der Waals surface area contributed by atoms with E-state index >= 15 is 0 Å². The highest BCUT2D eigenvalue weighted by molar-refractivity contribution is 6.03. The Morgan fingerprint density at radius 2 is 1.80 bits per heavy atom. The number of fused-ring (bicyclic) bond motifs is 7. The Balaban J connectivity index is 1.36. The van der Waals surface area contributed by atoms with E-state index in [9.17, 15) is 9.59 Å². The van der Waals surface area contributed by atoms with Gasteiger partial charge in [0.25, 0.3) is 5.91 Å². The molecule has 0 radical (unpaired) electrons. The molecule has 176 valence electrons. The third-order valence-electron chi connectivity index (χ3n) is 7.07. The van der Waals surface area contributed by atoms with Crippen LogP contribution in [0.4, 0.5) is 0 Å². The maximum atomic E-state index is 13.6. The van der Waals surface area contributed by atoms with Crippen LogP contribution in [0.15, 0.2) is 66.7 Å². The van der Waals surface area contributed by atoms with Crippen LogP contribution in [0.3, 0.4) is 0 Å². The van der Waals surface area contributed by atoms with Crippen molar-refractivity contribution < 1.29 is 19.1 Å². The molecule has 0 bridgehead atoms. The van der Waals surface area contributed by atoms with E-state index < -0.39 is 6.04 Å². The van der Waals surface area contributed by atoms with Gasteiger partial charge in [0, 0.05) is 35.1 Å². The highest BCUT2D eigenvalue weighted by atomic mass is 16.5. The quantitative estimate of drug-likeness (QED) is 0.465. The normalized spacial score (nSPS) is 18.1. The van der Waals surface area contributed by atoms with Gasteiger partial charge in [-0.15, -0.1) is 0 Å². The van der Waals surface area contributed by atoms with Crippen molar-refractivity contribution in [1.29, 1.82) is 0 Å². The lowest BCUT2D eigenvalue weighted by atomic mass is 9.90. The first kappa shape index (κ1) is 21.3. The average molecular weight is 468 g/mol. The van der Waals surface area contributed by atoms with Crippen LogP contribution in [0.2, 0.25) is 0 Å². The second-order valence-electron chi connectivity index (χ2n) is 8.89. The van der Waals surface area contributed by atoms with Crippen LogP contribution in [-0.4, -0.2) is 42.0 Å². The molecule has 3 aromatic carbocycles. The summed E-state index contributed by atoms with van der Waals surface area (Å²) < 4.78 is 10.7. The molecule has 2 amide bonds. The van der Waals surface area contributed by atoms with Gasteiger partial charge in [0.1, 0.15) is 6.04 Å². The molecule has 0 saturated heterocycles. The number of para-hydroxylation sites is 1. The summed E-state index contributed by atoms with van der Waals surface area (Å²) in [6.07, 6.45) is 0.452. The number of methoxy groups -OCH3 is 2. The van der Waals surface area contributed by atoms with Crippen molar-refractivity contribution in [3.8, 4) is 11.5 Å².